The van der Waals surface area contributed by atoms with Crippen molar-refractivity contribution in [3.05, 3.63) is 52.9 Å². The molecule has 172 valence electrons. The highest BCUT2D eigenvalue weighted by Crippen LogP contribution is 2.28. The largest absolute Gasteiger partial charge is 0.359 e. The molecule has 0 aliphatic heterocycles. The van der Waals surface area contributed by atoms with Gasteiger partial charge < -0.3 is 14.7 Å². The third kappa shape index (κ3) is 5.59. The topological polar surface area (TPSA) is 75.4 Å². The van der Waals surface area contributed by atoms with E-state index in [4.69, 9.17) is 4.52 Å². The number of aromatic nitrogens is 1. The minimum Gasteiger partial charge on any atom is -0.359 e. The van der Waals surface area contributed by atoms with Gasteiger partial charge in [-0.3, -0.25) is 9.59 Å². The number of carbonyl (C=O) groups excluding carboxylic acids is 2. The lowest BCUT2D eigenvalue weighted by molar-refractivity contribution is 0.0590. The summed E-state index contributed by atoms with van der Waals surface area (Å²) in [7, 11) is 0. The second kappa shape index (κ2) is 9.47. The molecule has 1 aromatic heterocycles. The van der Waals surface area contributed by atoms with Crippen molar-refractivity contribution >= 4 is 11.8 Å². The van der Waals surface area contributed by atoms with E-state index in [0.717, 1.165) is 25.7 Å². The number of hydrogen-bond acceptors (Lipinski definition) is 4. The number of rotatable bonds is 7. The predicted molar refractivity (Wildman–Crippen MR) is 123 cm³/mol. The van der Waals surface area contributed by atoms with Gasteiger partial charge in [-0.25, -0.2) is 0 Å². The van der Waals surface area contributed by atoms with Crippen molar-refractivity contribution in [3.63, 3.8) is 0 Å². The van der Waals surface area contributed by atoms with Gasteiger partial charge in [0, 0.05) is 24.2 Å². The molecule has 2 aliphatic rings. The summed E-state index contributed by atoms with van der Waals surface area (Å²) in [6.45, 7) is 7.52. The Hall–Kier alpha value is -2.63. The molecule has 1 aromatic carbocycles. The number of carbonyl (C=O) groups is 2. The van der Waals surface area contributed by atoms with Crippen molar-refractivity contribution in [1.29, 1.82) is 0 Å². The van der Waals surface area contributed by atoms with Gasteiger partial charge >= 0.3 is 0 Å². The van der Waals surface area contributed by atoms with Crippen LogP contribution in [0.2, 0.25) is 0 Å². The van der Waals surface area contributed by atoms with Crippen LogP contribution >= 0.6 is 0 Å². The van der Waals surface area contributed by atoms with Crippen molar-refractivity contribution in [1.82, 2.24) is 15.4 Å². The molecule has 32 heavy (non-hydrogen) atoms. The van der Waals surface area contributed by atoms with Crippen LogP contribution < -0.4 is 5.32 Å². The minimum atomic E-state index is -0.208. The molecule has 2 fully saturated rings. The summed E-state index contributed by atoms with van der Waals surface area (Å²) in [5.41, 5.74) is 2.22. The van der Waals surface area contributed by atoms with E-state index in [1.165, 1.54) is 24.8 Å². The van der Waals surface area contributed by atoms with Crippen LogP contribution in [0.15, 0.2) is 34.9 Å². The van der Waals surface area contributed by atoms with E-state index in [1.54, 1.807) is 6.07 Å². The van der Waals surface area contributed by atoms with E-state index in [9.17, 15) is 9.59 Å². The Morgan fingerprint density at radius 3 is 2.38 bits per heavy atom. The molecule has 0 spiro atoms. The Balaban J connectivity index is 1.49. The molecule has 4 rings (SSSR count). The highest BCUT2D eigenvalue weighted by atomic mass is 16.5. The smallest absolute Gasteiger partial charge is 0.273 e. The highest BCUT2D eigenvalue weighted by molar-refractivity contribution is 5.94. The van der Waals surface area contributed by atoms with E-state index >= 15 is 0 Å². The molecular formula is C26H35N3O3. The van der Waals surface area contributed by atoms with E-state index in [2.05, 4.69) is 31.2 Å². The summed E-state index contributed by atoms with van der Waals surface area (Å²) in [6.07, 6.45) is 7.82. The SMILES string of the molecule is CC(C)(C)c1ccc(C(=O)N(Cc2cc(C(=O)NCC3CC3)no2)C2CCCCC2)cc1. The van der Waals surface area contributed by atoms with Crippen LogP contribution in [0.4, 0.5) is 0 Å². The summed E-state index contributed by atoms with van der Waals surface area (Å²) in [4.78, 5) is 27.8. The zero-order valence-electron chi connectivity index (χ0n) is 19.5. The molecular weight excluding hydrogens is 402 g/mol. The van der Waals surface area contributed by atoms with Gasteiger partial charge in [-0.05, 0) is 54.7 Å². The number of benzene rings is 1. The average molecular weight is 438 g/mol. The van der Waals surface area contributed by atoms with E-state index in [-0.39, 0.29) is 29.0 Å². The normalized spacial score (nSPS) is 17.2. The average Bonchev–Trinajstić information content (AvgIpc) is 3.51. The summed E-state index contributed by atoms with van der Waals surface area (Å²) in [6, 6.07) is 9.79. The maximum atomic E-state index is 13.5. The molecule has 6 nitrogen and oxygen atoms in total. The standard InChI is InChI=1S/C26H35N3O3/c1-26(2,3)20-13-11-19(12-14-20)25(31)29(21-7-5-4-6-8-21)17-22-15-23(28-32-22)24(30)27-16-18-9-10-18/h11-15,18,21H,4-10,16-17H2,1-3H3,(H,27,30). The number of amides is 2. The quantitative estimate of drug-likeness (QED) is 0.655. The molecule has 0 atom stereocenters. The van der Waals surface area contributed by atoms with Gasteiger partial charge in [-0.15, -0.1) is 0 Å². The van der Waals surface area contributed by atoms with Crippen LogP contribution in [0.5, 0.6) is 0 Å². The second-order valence-corrected chi connectivity index (χ2v) is 10.4. The lowest BCUT2D eigenvalue weighted by Gasteiger charge is -2.34. The van der Waals surface area contributed by atoms with Crippen molar-refractivity contribution in [2.45, 2.75) is 83.7 Å². The molecule has 0 saturated heterocycles. The monoisotopic (exact) mass is 437 g/mol. The van der Waals surface area contributed by atoms with Crippen molar-refractivity contribution in [2.24, 2.45) is 5.92 Å². The van der Waals surface area contributed by atoms with Gasteiger partial charge in [-0.2, -0.15) is 0 Å². The Labute approximate surface area is 190 Å². The van der Waals surface area contributed by atoms with Gasteiger partial charge in [0.1, 0.15) is 0 Å². The van der Waals surface area contributed by atoms with Crippen molar-refractivity contribution < 1.29 is 14.1 Å². The fourth-order valence-electron chi connectivity index (χ4n) is 4.35. The van der Waals surface area contributed by atoms with Gasteiger partial charge in [0.2, 0.25) is 0 Å². The molecule has 0 bridgehead atoms. The molecule has 2 saturated carbocycles. The van der Waals surface area contributed by atoms with Gasteiger partial charge in [-0.1, -0.05) is 57.3 Å². The van der Waals surface area contributed by atoms with E-state index < -0.39 is 0 Å². The van der Waals surface area contributed by atoms with Gasteiger partial charge in [0.15, 0.2) is 11.5 Å². The summed E-state index contributed by atoms with van der Waals surface area (Å²) >= 11 is 0. The molecule has 2 aliphatic carbocycles. The van der Waals surface area contributed by atoms with Crippen LogP contribution in [-0.2, 0) is 12.0 Å². The summed E-state index contributed by atoms with van der Waals surface area (Å²) < 4.78 is 5.47. The first-order valence-electron chi connectivity index (χ1n) is 12.0. The van der Waals surface area contributed by atoms with Gasteiger partial charge in [0.05, 0.1) is 6.54 Å². The van der Waals surface area contributed by atoms with Crippen LogP contribution in [0.25, 0.3) is 0 Å². The highest BCUT2D eigenvalue weighted by Gasteiger charge is 2.29. The van der Waals surface area contributed by atoms with Gasteiger partial charge in [0.25, 0.3) is 11.8 Å². The molecule has 2 aromatic rings. The molecule has 1 N–H and O–H groups in total. The van der Waals surface area contributed by atoms with Crippen LogP contribution in [-0.4, -0.2) is 34.5 Å². The molecule has 1 heterocycles. The molecule has 0 unspecified atom stereocenters. The van der Waals surface area contributed by atoms with Crippen molar-refractivity contribution in [2.75, 3.05) is 6.54 Å². The predicted octanol–water partition coefficient (Wildman–Crippen LogP) is 5.09. The second-order valence-electron chi connectivity index (χ2n) is 10.4. The first-order valence-corrected chi connectivity index (χ1v) is 12.0. The number of nitrogens with zero attached hydrogens (tertiary/aromatic N) is 2. The summed E-state index contributed by atoms with van der Waals surface area (Å²) in [5, 5.41) is 6.87. The Morgan fingerprint density at radius 1 is 1.06 bits per heavy atom. The Kier molecular flexibility index (Phi) is 6.68. The lowest BCUT2D eigenvalue weighted by atomic mass is 9.86. The van der Waals surface area contributed by atoms with Crippen LogP contribution in [0.3, 0.4) is 0 Å². The first kappa shape index (κ1) is 22.6. The first-order chi connectivity index (χ1) is 15.3. The number of nitrogens with one attached hydrogen (secondary N) is 1. The zero-order chi connectivity index (χ0) is 22.7. The van der Waals surface area contributed by atoms with Crippen molar-refractivity contribution in [3.8, 4) is 0 Å². The third-order valence-electron chi connectivity index (χ3n) is 6.64. The lowest BCUT2D eigenvalue weighted by Crippen LogP contribution is -2.41. The Morgan fingerprint density at radius 2 is 1.75 bits per heavy atom. The fourth-order valence-corrected chi connectivity index (χ4v) is 4.35. The van der Waals surface area contributed by atoms with E-state index in [1.807, 2.05) is 29.2 Å². The molecule has 2 amide bonds. The Bertz CT molecular complexity index is 932. The number of hydrogen-bond donors (Lipinski definition) is 1. The van der Waals surface area contributed by atoms with Crippen LogP contribution in [0.1, 0.15) is 97.9 Å². The maximum Gasteiger partial charge on any atom is 0.273 e. The van der Waals surface area contributed by atoms with E-state index in [0.29, 0.717) is 30.3 Å². The molecule has 0 radical (unpaired) electrons. The zero-order valence-corrected chi connectivity index (χ0v) is 19.5. The maximum absolute atomic E-state index is 13.5. The van der Waals surface area contributed by atoms with Crippen LogP contribution in [0, 0.1) is 5.92 Å². The third-order valence-corrected chi connectivity index (χ3v) is 6.64. The fraction of sp³-hybridized carbons (Fsp3) is 0.577. The summed E-state index contributed by atoms with van der Waals surface area (Å²) in [5.74, 6) is 0.954. The molecule has 6 heteroatoms. The minimum absolute atomic E-state index is 0.00786.